The van der Waals surface area contributed by atoms with Crippen LogP contribution in [0.25, 0.3) is 0 Å². The molecule has 0 spiro atoms. The van der Waals surface area contributed by atoms with E-state index in [9.17, 15) is 4.79 Å². The molecule has 1 atom stereocenters. The molecule has 0 aliphatic rings. The van der Waals surface area contributed by atoms with Gasteiger partial charge in [0, 0.05) is 24.7 Å². The Morgan fingerprint density at radius 1 is 1.40 bits per heavy atom. The summed E-state index contributed by atoms with van der Waals surface area (Å²) in [7, 11) is 0. The summed E-state index contributed by atoms with van der Waals surface area (Å²) in [5.41, 5.74) is 7.93. The average molecular weight is 277 g/mol. The number of hydrogen-bond donors (Lipinski definition) is 1. The predicted molar refractivity (Wildman–Crippen MR) is 82.1 cm³/mol. The van der Waals surface area contributed by atoms with Gasteiger partial charge in [-0.25, -0.2) is 0 Å². The van der Waals surface area contributed by atoms with Crippen LogP contribution in [0, 0.1) is 12.3 Å². The molecule has 1 heterocycles. The van der Waals surface area contributed by atoms with Crippen molar-refractivity contribution in [2.45, 2.75) is 53.6 Å². The van der Waals surface area contributed by atoms with Gasteiger partial charge in [-0.3, -0.25) is 9.78 Å². The quantitative estimate of drug-likeness (QED) is 0.899. The summed E-state index contributed by atoms with van der Waals surface area (Å²) in [5.74, 6) is 0.0956. The molecule has 0 bridgehead atoms. The van der Waals surface area contributed by atoms with Crippen molar-refractivity contribution in [2.24, 2.45) is 11.1 Å². The van der Waals surface area contributed by atoms with E-state index < -0.39 is 0 Å². The van der Waals surface area contributed by atoms with E-state index in [0.29, 0.717) is 19.5 Å². The van der Waals surface area contributed by atoms with Crippen molar-refractivity contribution in [2.75, 3.05) is 6.54 Å². The Bertz CT molecular complexity index is 451. The van der Waals surface area contributed by atoms with E-state index in [4.69, 9.17) is 5.73 Å². The van der Waals surface area contributed by atoms with Crippen molar-refractivity contribution in [3.05, 3.63) is 29.6 Å². The number of carbonyl (C=O) groups excluding carboxylic acids is 1. The maximum absolute atomic E-state index is 12.3. The van der Waals surface area contributed by atoms with Gasteiger partial charge in [0.25, 0.3) is 0 Å². The van der Waals surface area contributed by atoms with Crippen LogP contribution >= 0.6 is 0 Å². The Morgan fingerprint density at radius 3 is 2.55 bits per heavy atom. The second-order valence-electron chi connectivity index (χ2n) is 6.35. The van der Waals surface area contributed by atoms with Crippen molar-refractivity contribution in [1.82, 2.24) is 9.88 Å². The van der Waals surface area contributed by atoms with Gasteiger partial charge in [0.2, 0.25) is 5.91 Å². The van der Waals surface area contributed by atoms with E-state index in [1.54, 1.807) is 0 Å². The molecule has 20 heavy (non-hydrogen) atoms. The normalized spacial score (nSPS) is 13.1. The average Bonchev–Trinajstić information content (AvgIpc) is 2.34. The van der Waals surface area contributed by atoms with Gasteiger partial charge in [-0.1, -0.05) is 26.8 Å². The van der Waals surface area contributed by atoms with Crippen LogP contribution in [0.5, 0.6) is 0 Å². The SMILES string of the molecule is CCN(Cc1cccc(C)n1)C(=O)CC(N)C(C)(C)C. The number of hydrogen-bond acceptors (Lipinski definition) is 3. The maximum atomic E-state index is 12.3. The van der Waals surface area contributed by atoms with Crippen LogP contribution in [0.15, 0.2) is 18.2 Å². The number of aryl methyl sites for hydroxylation is 1. The first kappa shape index (κ1) is 16.6. The molecule has 0 saturated heterocycles. The lowest BCUT2D eigenvalue weighted by Gasteiger charge is -2.29. The highest BCUT2D eigenvalue weighted by molar-refractivity contribution is 5.76. The molecule has 1 amide bonds. The zero-order chi connectivity index (χ0) is 15.3. The minimum Gasteiger partial charge on any atom is -0.337 e. The van der Waals surface area contributed by atoms with E-state index in [1.165, 1.54) is 0 Å². The topological polar surface area (TPSA) is 59.2 Å². The van der Waals surface area contributed by atoms with Gasteiger partial charge in [0.15, 0.2) is 0 Å². The molecule has 0 aliphatic carbocycles. The smallest absolute Gasteiger partial charge is 0.224 e. The Morgan fingerprint density at radius 2 is 2.05 bits per heavy atom. The van der Waals surface area contributed by atoms with Gasteiger partial charge in [-0.05, 0) is 31.4 Å². The summed E-state index contributed by atoms with van der Waals surface area (Å²) < 4.78 is 0. The number of aromatic nitrogens is 1. The number of amides is 1. The molecular weight excluding hydrogens is 250 g/mol. The first-order chi connectivity index (χ1) is 9.24. The fraction of sp³-hybridized carbons (Fsp3) is 0.625. The van der Waals surface area contributed by atoms with Crippen molar-refractivity contribution in [1.29, 1.82) is 0 Å². The number of rotatable bonds is 5. The summed E-state index contributed by atoms with van der Waals surface area (Å²) in [4.78, 5) is 18.6. The number of pyridine rings is 1. The molecule has 112 valence electrons. The van der Waals surface area contributed by atoms with Crippen LogP contribution in [0.1, 0.15) is 45.5 Å². The van der Waals surface area contributed by atoms with Gasteiger partial charge in [0.1, 0.15) is 0 Å². The third-order valence-corrected chi connectivity index (χ3v) is 3.54. The van der Waals surface area contributed by atoms with Crippen LogP contribution in [0.4, 0.5) is 0 Å². The van der Waals surface area contributed by atoms with Crippen LogP contribution in [0.2, 0.25) is 0 Å². The number of nitrogens with two attached hydrogens (primary N) is 1. The van der Waals surface area contributed by atoms with Crippen LogP contribution in [0.3, 0.4) is 0 Å². The second kappa shape index (κ2) is 6.84. The van der Waals surface area contributed by atoms with Gasteiger partial charge < -0.3 is 10.6 Å². The Kier molecular flexibility index (Phi) is 5.69. The molecule has 1 aromatic heterocycles. The molecule has 0 radical (unpaired) electrons. The van der Waals surface area contributed by atoms with Gasteiger partial charge in [-0.2, -0.15) is 0 Å². The molecule has 0 fully saturated rings. The number of nitrogens with zero attached hydrogens (tertiary/aromatic N) is 2. The monoisotopic (exact) mass is 277 g/mol. The van der Waals surface area contributed by atoms with Crippen LogP contribution in [-0.2, 0) is 11.3 Å². The molecule has 1 aromatic rings. The van der Waals surface area contributed by atoms with Gasteiger partial charge in [0.05, 0.1) is 12.2 Å². The highest BCUT2D eigenvalue weighted by atomic mass is 16.2. The lowest BCUT2D eigenvalue weighted by molar-refractivity contribution is -0.132. The summed E-state index contributed by atoms with van der Waals surface area (Å²) in [6.45, 7) is 11.3. The Labute approximate surface area is 122 Å². The van der Waals surface area contributed by atoms with Crippen molar-refractivity contribution in [3.63, 3.8) is 0 Å². The predicted octanol–water partition coefficient (Wildman–Crippen LogP) is 2.50. The van der Waals surface area contributed by atoms with Crippen molar-refractivity contribution >= 4 is 5.91 Å². The number of carbonyl (C=O) groups is 1. The maximum Gasteiger partial charge on any atom is 0.224 e. The van der Waals surface area contributed by atoms with Crippen molar-refractivity contribution < 1.29 is 4.79 Å². The lowest BCUT2D eigenvalue weighted by Crippen LogP contribution is -2.41. The van der Waals surface area contributed by atoms with Crippen molar-refractivity contribution in [3.8, 4) is 0 Å². The fourth-order valence-corrected chi connectivity index (χ4v) is 1.88. The minimum absolute atomic E-state index is 0.0589. The second-order valence-corrected chi connectivity index (χ2v) is 6.35. The third kappa shape index (κ3) is 4.93. The summed E-state index contributed by atoms with van der Waals surface area (Å²) >= 11 is 0. The van der Waals surface area contributed by atoms with Gasteiger partial charge >= 0.3 is 0 Å². The van der Waals surface area contributed by atoms with E-state index in [-0.39, 0.29) is 17.4 Å². The molecular formula is C16H27N3O. The summed E-state index contributed by atoms with van der Waals surface area (Å²) in [5, 5.41) is 0. The van der Waals surface area contributed by atoms with E-state index in [1.807, 2.05) is 36.9 Å². The van der Waals surface area contributed by atoms with Crippen LogP contribution in [-0.4, -0.2) is 28.4 Å². The zero-order valence-electron chi connectivity index (χ0n) is 13.3. The standard InChI is InChI=1S/C16H27N3O/c1-6-19(11-13-9-7-8-12(2)18-13)15(20)10-14(17)16(3,4)5/h7-9,14H,6,10-11,17H2,1-5H3. The van der Waals surface area contributed by atoms with E-state index >= 15 is 0 Å². The van der Waals surface area contributed by atoms with Gasteiger partial charge in [-0.15, -0.1) is 0 Å². The summed E-state index contributed by atoms with van der Waals surface area (Å²) in [6, 6.07) is 5.75. The molecule has 2 N–H and O–H groups in total. The molecule has 0 saturated carbocycles. The zero-order valence-corrected chi connectivity index (χ0v) is 13.3. The molecule has 1 rings (SSSR count). The summed E-state index contributed by atoms with van der Waals surface area (Å²) in [6.07, 6.45) is 0.378. The largest absolute Gasteiger partial charge is 0.337 e. The van der Waals surface area contributed by atoms with Crippen LogP contribution < -0.4 is 5.73 Å². The minimum atomic E-state index is -0.130. The molecule has 0 aliphatic heterocycles. The van der Waals surface area contributed by atoms with E-state index in [2.05, 4.69) is 25.8 Å². The fourth-order valence-electron chi connectivity index (χ4n) is 1.88. The Balaban J connectivity index is 2.69. The molecule has 1 unspecified atom stereocenters. The molecule has 4 heteroatoms. The van der Waals surface area contributed by atoms with E-state index in [0.717, 1.165) is 11.4 Å². The molecule has 4 nitrogen and oxygen atoms in total. The highest BCUT2D eigenvalue weighted by Gasteiger charge is 2.25. The Hall–Kier alpha value is -1.42. The first-order valence-corrected chi connectivity index (χ1v) is 7.20. The first-order valence-electron chi connectivity index (χ1n) is 7.20. The lowest BCUT2D eigenvalue weighted by atomic mass is 9.85. The third-order valence-electron chi connectivity index (χ3n) is 3.54. The molecule has 0 aromatic carbocycles. The highest BCUT2D eigenvalue weighted by Crippen LogP contribution is 2.20.